The fraction of sp³-hybridized carbons (Fsp3) is 1.00. The number of likely N-dealkylation sites (N-methyl/N-ethyl adjacent to an activating group) is 3. The van der Waals surface area contributed by atoms with Gasteiger partial charge in [0, 0.05) is 19.7 Å². The summed E-state index contributed by atoms with van der Waals surface area (Å²) in [6, 6.07) is 0. The third-order valence-corrected chi connectivity index (χ3v) is 3.43. The predicted molar refractivity (Wildman–Crippen MR) is 83.3 cm³/mol. The van der Waals surface area contributed by atoms with E-state index in [9.17, 15) is 0 Å². The van der Waals surface area contributed by atoms with Crippen molar-refractivity contribution in [2.75, 3.05) is 88.2 Å². The molecule has 0 aliphatic carbocycles. The Morgan fingerprint density at radius 1 is 0.842 bits per heavy atom. The summed E-state index contributed by atoms with van der Waals surface area (Å²) >= 11 is 0. The van der Waals surface area contributed by atoms with Crippen molar-refractivity contribution in [1.29, 1.82) is 0 Å². The first-order valence-corrected chi connectivity index (χ1v) is 7.55. The Bertz CT molecular complexity index is 224. The summed E-state index contributed by atoms with van der Waals surface area (Å²) in [5, 5.41) is 0. The molecule has 0 saturated carbocycles. The minimum Gasteiger partial charge on any atom is -0.376 e. The molecule has 0 bridgehead atoms. The Labute approximate surface area is 121 Å². The van der Waals surface area contributed by atoms with Crippen LogP contribution in [0, 0.1) is 0 Å². The van der Waals surface area contributed by atoms with Crippen molar-refractivity contribution in [3.63, 3.8) is 0 Å². The van der Waals surface area contributed by atoms with Crippen molar-refractivity contribution >= 4 is 0 Å². The first kappa shape index (κ1) is 18.8. The monoisotopic (exact) mass is 275 g/mol. The molecular weight excluding hydrogens is 238 g/mol. The molecule has 0 saturated heterocycles. The van der Waals surface area contributed by atoms with Crippen LogP contribution >= 0.6 is 0 Å². The summed E-state index contributed by atoms with van der Waals surface area (Å²) in [5.74, 6) is 0. The largest absolute Gasteiger partial charge is 0.376 e. The Kier molecular flexibility index (Phi) is 8.83. The van der Waals surface area contributed by atoms with Gasteiger partial charge in [-0.2, -0.15) is 0 Å². The van der Waals surface area contributed by atoms with Crippen molar-refractivity contribution in [2.45, 2.75) is 13.3 Å². The Morgan fingerprint density at radius 2 is 1.42 bits per heavy atom. The molecule has 4 nitrogen and oxygen atoms in total. The van der Waals surface area contributed by atoms with E-state index in [0.29, 0.717) is 0 Å². The van der Waals surface area contributed by atoms with Crippen molar-refractivity contribution in [1.82, 2.24) is 4.90 Å². The van der Waals surface area contributed by atoms with Crippen molar-refractivity contribution < 1.29 is 13.7 Å². The lowest BCUT2D eigenvalue weighted by molar-refractivity contribution is -0.890. The number of quaternary nitrogens is 2. The molecule has 0 aliphatic heterocycles. The molecule has 0 amide bonds. The molecule has 0 aromatic carbocycles. The van der Waals surface area contributed by atoms with E-state index in [1.807, 2.05) is 0 Å². The molecule has 0 aromatic rings. The molecule has 0 radical (unpaired) electrons. The van der Waals surface area contributed by atoms with Gasteiger partial charge in [0.15, 0.2) is 0 Å². The molecule has 4 heteroatoms. The quantitative estimate of drug-likeness (QED) is 0.414. The van der Waals surface area contributed by atoms with Gasteiger partial charge in [0.05, 0.1) is 54.9 Å². The maximum Gasteiger partial charge on any atom is 0.102 e. The summed E-state index contributed by atoms with van der Waals surface area (Å²) in [4.78, 5) is 2.44. The van der Waals surface area contributed by atoms with Crippen molar-refractivity contribution in [3.8, 4) is 0 Å². The SMILES string of the molecule is CCCOCC[N+](C)(C)CCN(C)CC[N+](C)(C)C. The molecule has 0 aliphatic rings. The van der Waals surface area contributed by atoms with Crippen LogP contribution in [0.5, 0.6) is 0 Å². The van der Waals surface area contributed by atoms with Crippen LogP contribution in [0.15, 0.2) is 0 Å². The van der Waals surface area contributed by atoms with Gasteiger partial charge in [-0.1, -0.05) is 6.92 Å². The molecule has 0 spiro atoms. The molecule has 19 heavy (non-hydrogen) atoms. The predicted octanol–water partition coefficient (Wildman–Crippen LogP) is 1.13. The zero-order valence-corrected chi connectivity index (χ0v) is 14.4. The topological polar surface area (TPSA) is 12.5 Å². The molecule has 0 unspecified atom stereocenters. The first-order chi connectivity index (χ1) is 8.66. The molecule has 0 aromatic heterocycles. The average Bonchev–Trinajstić information content (AvgIpc) is 2.29. The van der Waals surface area contributed by atoms with Gasteiger partial charge >= 0.3 is 0 Å². The standard InChI is InChI=1S/C15H37N3O/c1-8-14-19-15-13-18(6,7)12-10-16(2)9-11-17(3,4)5/h8-15H2,1-7H3/q+2. The van der Waals surface area contributed by atoms with Crippen LogP contribution in [0.2, 0.25) is 0 Å². The highest BCUT2D eigenvalue weighted by molar-refractivity contribution is 4.50. The number of ether oxygens (including phenoxy) is 1. The zero-order chi connectivity index (χ0) is 14.9. The van der Waals surface area contributed by atoms with E-state index in [0.717, 1.165) is 48.2 Å². The summed E-state index contributed by atoms with van der Waals surface area (Å²) in [6.45, 7) is 9.72. The van der Waals surface area contributed by atoms with E-state index in [-0.39, 0.29) is 0 Å². The number of hydrogen-bond donors (Lipinski definition) is 0. The van der Waals surface area contributed by atoms with Gasteiger partial charge in [-0.3, -0.25) is 4.90 Å². The van der Waals surface area contributed by atoms with Gasteiger partial charge in [-0.05, 0) is 13.5 Å². The van der Waals surface area contributed by atoms with E-state index in [1.54, 1.807) is 0 Å². The maximum atomic E-state index is 5.59. The minimum atomic E-state index is 0.878. The molecule has 0 N–H and O–H groups in total. The number of nitrogens with zero attached hydrogens (tertiary/aromatic N) is 3. The van der Waals surface area contributed by atoms with E-state index < -0.39 is 0 Å². The molecule has 0 atom stereocenters. The second kappa shape index (κ2) is 8.90. The van der Waals surface area contributed by atoms with Crippen LogP contribution < -0.4 is 0 Å². The third kappa shape index (κ3) is 12.6. The van der Waals surface area contributed by atoms with E-state index in [4.69, 9.17) is 4.74 Å². The van der Waals surface area contributed by atoms with Crippen molar-refractivity contribution in [2.24, 2.45) is 0 Å². The van der Waals surface area contributed by atoms with Crippen LogP contribution in [0.4, 0.5) is 0 Å². The van der Waals surface area contributed by atoms with Crippen molar-refractivity contribution in [3.05, 3.63) is 0 Å². The molecular formula is C15H37N3O+2. The highest BCUT2D eigenvalue weighted by Gasteiger charge is 2.16. The fourth-order valence-electron chi connectivity index (χ4n) is 1.69. The van der Waals surface area contributed by atoms with Gasteiger partial charge in [-0.15, -0.1) is 0 Å². The zero-order valence-electron chi connectivity index (χ0n) is 14.4. The summed E-state index contributed by atoms with van der Waals surface area (Å²) in [5.41, 5.74) is 0. The lowest BCUT2D eigenvalue weighted by atomic mass is 10.4. The second-order valence-electron chi connectivity index (χ2n) is 7.31. The number of rotatable bonds is 11. The highest BCUT2D eigenvalue weighted by atomic mass is 16.5. The summed E-state index contributed by atoms with van der Waals surface area (Å²) in [6.07, 6.45) is 1.11. The highest BCUT2D eigenvalue weighted by Crippen LogP contribution is 1.99. The normalized spacial score (nSPS) is 13.3. The fourth-order valence-corrected chi connectivity index (χ4v) is 1.69. The number of hydrogen-bond acceptors (Lipinski definition) is 2. The van der Waals surface area contributed by atoms with Crippen LogP contribution in [0.1, 0.15) is 13.3 Å². The van der Waals surface area contributed by atoms with E-state index in [1.165, 1.54) is 13.1 Å². The second-order valence-corrected chi connectivity index (χ2v) is 7.31. The third-order valence-electron chi connectivity index (χ3n) is 3.43. The Hall–Kier alpha value is -0.160. The minimum absolute atomic E-state index is 0.878. The Balaban J connectivity index is 3.76. The lowest BCUT2D eigenvalue weighted by Crippen LogP contribution is -2.48. The van der Waals surface area contributed by atoms with E-state index >= 15 is 0 Å². The molecule has 0 heterocycles. The molecule has 0 fully saturated rings. The molecule has 116 valence electrons. The molecule has 0 rings (SSSR count). The van der Waals surface area contributed by atoms with Gasteiger partial charge < -0.3 is 13.7 Å². The smallest absolute Gasteiger partial charge is 0.102 e. The van der Waals surface area contributed by atoms with Crippen LogP contribution in [-0.4, -0.2) is 102 Å². The van der Waals surface area contributed by atoms with Gasteiger partial charge in [0.2, 0.25) is 0 Å². The summed E-state index contributed by atoms with van der Waals surface area (Å²) in [7, 11) is 13.6. The summed E-state index contributed by atoms with van der Waals surface area (Å²) < 4.78 is 7.66. The average molecular weight is 275 g/mol. The van der Waals surface area contributed by atoms with Crippen LogP contribution in [0.25, 0.3) is 0 Å². The van der Waals surface area contributed by atoms with Crippen LogP contribution in [0.3, 0.4) is 0 Å². The van der Waals surface area contributed by atoms with E-state index in [2.05, 4.69) is 54.1 Å². The van der Waals surface area contributed by atoms with Gasteiger partial charge in [0.1, 0.15) is 6.54 Å². The lowest BCUT2D eigenvalue weighted by Gasteiger charge is -2.32. The van der Waals surface area contributed by atoms with Gasteiger partial charge in [-0.25, -0.2) is 0 Å². The van der Waals surface area contributed by atoms with Gasteiger partial charge in [0.25, 0.3) is 0 Å². The first-order valence-electron chi connectivity index (χ1n) is 7.55. The Morgan fingerprint density at radius 3 is 1.95 bits per heavy atom. The maximum absolute atomic E-state index is 5.59. The van der Waals surface area contributed by atoms with Crippen LogP contribution in [-0.2, 0) is 4.74 Å².